The van der Waals surface area contributed by atoms with Crippen LogP contribution in [0.5, 0.6) is 5.88 Å². The van der Waals surface area contributed by atoms with Crippen LogP contribution in [0.25, 0.3) is 0 Å². The Morgan fingerprint density at radius 2 is 2.28 bits per heavy atom. The van der Waals surface area contributed by atoms with Crippen LogP contribution >= 0.6 is 0 Å². The Balaban J connectivity index is 2.99. The molecule has 0 saturated carbocycles. The maximum atomic E-state index is 10.9. The van der Waals surface area contributed by atoms with Crippen LogP contribution < -0.4 is 9.64 Å². The van der Waals surface area contributed by atoms with Crippen molar-refractivity contribution >= 4 is 11.5 Å². The molecular formula is C11H17N3O4. The molecule has 1 unspecified atom stereocenters. The molecule has 18 heavy (non-hydrogen) atoms. The Labute approximate surface area is 105 Å². The molecule has 1 aromatic rings. The Kier molecular flexibility index (Phi) is 4.85. The lowest BCUT2D eigenvalue weighted by atomic mass is 10.2. The van der Waals surface area contributed by atoms with Crippen molar-refractivity contribution in [2.45, 2.75) is 19.4 Å². The lowest BCUT2D eigenvalue weighted by molar-refractivity contribution is -0.384. The predicted molar refractivity (Wildman–Crippen MR) is 67.0 cm³/mol. The average Bonchev–Trinajstić information content (AvgIpc) is 2.34. The molecule has 0 saturated heterocycles. The summed E-state index contributed by atoms with van der Waals surface area (Å²) in [5.41, 5.74) is -0.0797. The molecular weight excluding hydrogens is 238 g/mol. The fourth-order valence-electron chi connectivity index (χ4n) is 1.45. The lowest BCUT2D eigenvalue weighted by Crippen LogP contribution is -2.23. The van der Waals surface area contributed by atoms with Crippen molar-refractivity contribution in [3.05, 3.63) is 22.2 Å². The first-order valence-corrected chi connectivity index (χ1v) is 5.54. The minimum Gasteiger partial charge on any atom is -0.481 e. The van der Waals surface area contributed by atoms with E-state index in [4.69, 9.17) is 4.74 Å². The topological polar surface area (TPSA) is 88.7 Å². The van der Waals surface area contributed by atoms with Gasteiger partial charge in [0.05, 0.1) is 18.1 Å². The van der Waals surface area contributed by atoms with Crippen LogP contribution in [-0.4, -0.2) is 41.8 Å². The van der Waals surface area contributed by atoms with Gasteiger partial charge in [-0.1, -0.05) is 0 Å². The molecule has 0 amide bonds. The first-order chi connectivity index (χ1) is 8.45. The van der Waals surface area contributed by atoms with Crippen LogP contribution in [0, 0.1) is 10.1 Å². The molecule has 1 aromatic heterocycles. The highest BCUT2D eigenvalue weighted by Crippen LogP contribution is 2.27. The fourth-order valence-corrected chi connectivity index (χ4v) is 1.45. The summed E-state index contributed by atoms with van der Waals surface area (Å²) in [6.45, 7) is 2.14. The van der Waals surface area contributed by atoms with Crippen LogP contribution in [-0.2, 0) is 0 Å². The molecule has 0 radical (unpaired) electrons. The predicted octanol–water partition coefficient (Wildman–Crippen LogP) is 1.21. The van der Waals surface area contributed by atoms with Crippen molar-refractivity contribution in [2.75, 3.05) is 25.6 Å². The average molecular weight is 255 g/mol. The molecule has 1 heterocycles. The number of methoxy groups -OCH3 is 1. The standard InChI is InChI=1S/C11H17N3O4/c1-8(15)6-7-13(2)11-9(14(16)17)4-5-10(12-11)18-3/h4-5,8,15H,6-7H2,1-3H3. The van der Waals surface area contributed by atoms with Gasteiger partial charge in [-0.3, -0.25) is 10.1 Å². The molecule has 0 aliphatic heterocycles. The number of pyridine rings is 1. The molecule has 100 valence electrons. The first kappa shape index (κ1) is 14.2. The Hall–Kier alpha value is -1.89. The summed E-state index contributed by atoms with van der Waals surface area (Å²) in [5, 5.41) is 20.1. The van der Waals surface area contributed by atoms with Gasteiger partial charge in [0.15, 0.2) is 0 Å². The Bertz CT molecular complexity index is 423. The second kappa shape index (κ2) is 6.15. The van der Waals surface area contributed by atoms with Crippen LogP contribution in [0.1, 0.15) is 13.3 Å². The van der Waals surface area contributed by atoms with E-state index in [-0.39, 0.29) is 11.5 Å². The largest absolute Gasteiger partial charge is 0.481 e. The maximum absolute atomic E-state index is 10.9. The van der Waals surface area contributed by atoms with E-state index in [0.717, 1.165) is 0 Å². The van der Waals surface area contributed by atoms with Gasteiger partial charge in [-0.2, -0.15) is 4.98 Å². The van der Waals surface area contributed by atoms with E-state index in [1.165, 1.54) is 19.2 Å². The van der Waals surface area contributed by atoms with Crippen molar-refractivity contribution in [3.63, 3.8) is 0 Å². The first-order valence-electron chi connectivity index (χ1n) is 5.54. The van der Waals surface area contributed by atoms with Crippen LogP contribution in [0.4, 0.5) is 11.5 Å². The van der Waals surface area contributed by atoms with E-state index in [1.807, 2.05) is 0 Å². The number of nitro groups is 1. The van der Waals surface area contributed by atoms with Crippen molar-refractivity contribution in [1.82, 2.24) is 4.98 Å². The zero-order valence-electron chi connectivity index (χ0n) is 10.7. The van der Waals surface area contributed by atoms with E-state index in [2.05, 4.69) is 4.98 Å². The van der Waals surface area contributed by atoms with E-state index in [1.54, 1.807) is 18.9 Å². The summed E-state index contributed by atoms with van der Waals surface area (Å²) < 4.78 is 4.96. The number of aliphatic hydroxyl groups is 1. The number of ether oxygens (including phenoxy) is 1. The van der Waals surface area contributed by atoms with E-state index < -0.39 is 11.0 Å². The smallest absolute Gasteiger partial charge is 0.311 e. The molecule has 0 bridgehead atoms. The quantitative estimate of drug-likeness (QED) is 0.607. The van der Waals surface area contributed by atoms with Gasteiger partial charge in [0.1, 0.15) is 0 Å². The fraction of sp³-hybridized carbons (Fsp3) is 0.545. The maximum Gasteiger partial charge on any atom is 0.311 e. The highest BCUT2D eigenvalue weighted by Gasteiger charge is 2.20. The monoisotopic (exact) mass is 255 g/mol. The normalized spacial score (nSPS) is 12.0. The summed E-state index contributed by atoms with van der Waals surface area (Å²) in [6.07, 6.45) is 0.0455. The molecule has 7 nitrogen and oxygen atoms in total. The van der Waals surface area contributed by atoms with Gasteiger partial charge >= 0.3 is 5.69 Å². The van der Waals surface area contributed by atoms with Crippen LogP contribution in [0.2, 0.25) is 0 Å². The summed E-state index contributed by atoms with van der Waals surface area (Å²) in [5.74, 6) is 0.555. The molecule has 1 rings (SSSR count). The highest BCUT2D eigenvalue weighted by atomic mass is 16.6. The van der Waals surface area contributed by atoms with E-state index in [9.17, 15) is 15.2 Å². The van der Waals surface area contributed by atoms with Gasteiger partial charge in [-0.05, 0) is 13.3 Å². The minimum absolute atomic E-state index is 0.0797. The summed E-state index contributed by atoms with van der Waals surface area (Å²) in [4.78, 5) is 16.1. The van der Waals surface area contributed by atoms with Crippen LogP contribution in [0.15, 0.2) is 12.1 Å². The molecule has 1 N–H and O–H groups in total. The Morgan fingerprint density at radius 3 is 2.78 bits per heavy atom. The van der Waals surface area contributed by atoms with Crippen LogP contribution in [0.3, 0.4) is 0 Å². The molecule has 0 aliphatic rings. The molecule has 0 fully saturated rings. The SMILES string of the molecule is COc1ccc([N+](=O)[O-])c(N(C)CCC(C)O)n1. The third-order valence-corrected chi connectivity index (χ3v) is 2.48. The van der Waals surface area contributed by atoms with Crippen molar-refractivity contribution < 1.29 is 14.8 Å². The zero-order valence-corrected chi connectivity index (χ0v) is 10.7. The van der Waals surface area contributed by atoms with Gasteiger partial charge in [-0.25, -0.2) is 0 Å². The number of anilines is 1. The van der Waals surface area contributed by atoms with Gasteiger partial charge in [-0.15, -0.1) is 0 Å². The van der Waals surface area contributed by atoms with Gasteiger partial charge in [0, 0.05) is 25.7 Å². The second-order valence-electron chi connectivity index (χ2n) is 4.01. The van der Waals surface area contributed by atoms with E-state index in [0.29, 0.717) is 18.8 Å². The van der Waals surface area contributed by atoms with Gasteiger partial charge in [0.2, 0.25) is 11.7 Å². The molecule has 1 atom stereocenters. The Morgan fingerprint density at radius 1 is 1.61 bits per heavy atom. The molecule has 0 aromatic carbocycles. The number of aromatic nitrogens is 1. The second-order valence-corrected chi connectivity index (χ2v) is 4.01. The number of aliphatic hydroxyl groups excluding tert-OH is 1. The third kappa shape index (κ3) is 3.56. The number of hydrogen-bond donors (Lipinski definition) is 1. The summed E-state index contributed by atoms with van der Waals surface area (Å²) >= 11 is 0. The summed E-state index contributed by atoms with van der Waals surface area (Å²) in [6, 6.07) is 2.81. The molecule has 0 aliphatic carbocycles. The zero-order chi connectivity index (χ0) is 13.7. The highest BCUT2D eigenvalue weighted by molar-refractivity contribution is 5.58. The van der Waals surface area contributed by atoms with Crippen molar-refractivity contribution in [1.29, 1.82) is 0 Å². The summed E-state index contributed by atoms with van der Waals surface area (Å²) in [7, 11) is 3.14. The number of nitrogens with zero attached hydrogens (tertiary/aromatic N) is 3. The number of hydrogen-bond acceptors (Lipinski definition) is 6. The van der Waals surface area contributed by atoms with Crippen molar-refractivity contribution in [3.8, 4) is 5.88 Å². The van der Waals surface area contributed by atoms with Gasteiger partial charge < -0.3 is 14.7 Å². The molecule has 0 spiro atoms. The third-order valence-electron chi connectivity index (χ3n) is 2.48. The van der Waals surface area contributed by atoms with Crippen molar-refractivity contribution in [2.24, 2.45) is 0 Å². The van der Waals surface area contributed by atoms with Gasteiger partial charge in [0.25, 0.3) is 0 Å². The lowest BCUT2D eigenvalue weighted by Gasteiger charge is -2.19. The number of rotatable bonds is 6. The molecule has 7 heteroatoms. The minimum atomic E-state index is -0.485. The van der Waals surface area contributed by atoms with E-state index >= 15 is 0 Å².